The zero-order valence-corrected chi connectivity index (χ0v) is 19.0. The maximum absolute atomic E-state index is 11.0. The van der Waals surface area contributed by atoms with Crippen LogP contribution in [-0.2, 0) is 6.61 Å². The first kappa shape index (κ1) is 22.1. The minimum Gasteiger partial charge on any atom is -0.493 e. The minimum atomic E-state index is -0.981. The van der Waals surface area contributed by atoms with E-state index in [4.69, 9.17) is 19.0 Å². The van der Waals surface area contributed by atoms with Crippen molar-refractivity contribution in [2.75, 3.05) is 7.11 Å². The van der Waals surface area contributed by atoms with E-state index in [0.717, 1.165) is 5.56 Å². The Morgan fingerprint density at radius 1 is 1.21 bits per heavy atom. The lowest BCUT2D eigenvalue weighted by molar-refractivity contribution is 0.0697. The molecule has 0 radical (unpaired) electrons. The lowest BCUT2D eigenvalue weighted by Crippen LogP contribution is -2.01. The van der Waals surface area contributed by atoms with E-state index in [2.05, 4.69) is 27.0 Å². The molecule has 0 amide bonds. The smallest absolute Gasteiger partial charge is 0.335 e. The second kappa shape index (κ2) is 9.59. The van der Waals surface area contributed by atoms with Gasteiger partial charge in [-0.3, -0.25) is 0 Å². The van der Waals surface area contributed by atoms with Crippen molar-refractivity contribution >= 4 is 44.6 Å². The Kier molecular flexibility index (Phi) is 6.43. The number of ether oxygens (including phenoxy) is 2. The highest BCUT2D eigenvalue weighted by Gasteiger charge is 2.15. The Morgan fingerprint density at radius 3 is 2.64 bits per heavy atom. The van der Waals surface area contributed by atoms with Crippen molar-refractivity contribution in [1.29, 1.82) is 5.26 Å². The van der Waals surface area contributed by atoms with Crippen LogP contribution in [0.5, 0.6) is 11.5 Å². The van der Waals surface area contributed by atoms with Gasteiger partial charge in [0.1, 0.15) is 23.8 Å². The van der Waals surface area contributed by atoms with Crippen LogP contribution in [0.2, 0.25) is 0 Å². The van der Waals surface area contributed by atoms with Crippen LogP contribution in [-0.4, -0.2) is 23.2 Å². The number of carboxylic acids is 1. The van der Waals surface area contributed by atoms with Gasteiger partial charge >= 0.3 is 5.97 Å². The summed E-state index contributed by atoms with van der Waals surface area (Å²) in [6.07, 6.45) is 1.66. The molecule has 0 aliphatic carbocycles. The molecule has 164 valence electrons. The first-order valence-electron chi connectivity index (χ1n) is 9.79. The summed E-state index contributed by atoms with van der Waals surface area (Å²) in [5, 5.41) is 18.7. The van der Waals surface area contributed by atoms with Crippen LogP contribution in [0, 0.1) is 11.3 Å². The van der Waals surface area contributed by atoms with Crippen molar-refractivity contribution in [3.8, 4) is 17.6 Å². The standard InChI is InChI=1S/C25H17BrN2O5/c1-31-22-12-16(10-18(13-27)24-28-20-4-2-3-5-21(20)33-24)11-19(26)23(22)32-14-15-6-8-17(9-7-15)25(29)30/h2-12H,14H2,1H3,(H,29,30)/b18-10+. The monoisotopic (exact) mass is 504 g/mol. The Bertz CT molecular complexity index is 1370. The van der Waals surface area contributed by atoms with Gasteiger partial charge in [0.15, 0.2) is 17.1 Å². The number of fused-ring (bicyclic) bond motifs is 1. The molecule has 0 fully saturated rings. The molecule has 33 heavy (non-hydrogen) atoms. The maximum atomic E-state index is 11.0. The zero-order valence-electron chi connectivity index (χ0n) is 17.4. The van der Waals surface area contributed by atoms with E-state index in [1.54, 1.807) is 36.4 Å². The molecule has 3 aromatic carbocycles. The molecular formula is C25H17BrN2O5. The highest BCUT2D eigenvalue weighted by Crippen LogP contribution is 2.38. The summed E-state index contributed by atoms with van der Waals surface area (Å²) in [5.41, 5.74) is 3.25. The molecule has 0 unspecified atom stereocenters. The van der Waals surface area contributed by atoms with Crippen LogP contribution in [0.3, 0.4) is 0 Å². The number of nitriles is 1. The number of benzene rings is 3. The average Bonchev–Trinajstić information content (AvgIpc) is 3.26. The molecule has 4 rings (SSSR count). The van der Waals surface area contributed by atoms with Gasteiger partial charge in [0, 0.05) is 0 Å². The SMILES string of the molecule is COc1cc(/C=C(\C#N)c2nc3ccccc3o2)cc(Br)c1OCc1ccc(C(=O)O)cc1. The highest BCUT2D eigenvalue weighted by atomic mass is 79.9. The summed E-state index contributed by atoms with van der Waals surface area (Å²) in [5.74, 6) is 0.203. The number of carboxylic acid groups (broad SMARTS) is 1. The fourth-order valence-corrected chi connectivity index (χ4v) is 3.73. The van der Waals surface area contributed by atoms with Gasteiger partial charge in [-0.2, -0.15) is 5.26 Å². The number of carbonyl (C=O) groups is 1. The van der Waals surface area contributed by atoms with Crippen molar-refractivity contribution in [3.63, 3.8) is 0 Å². The maximum Gasteiger partial charge on any atom is 0.335 e. The zero-order chi connectivity index (χ0) is 23.4. The van der Waals surface area contributed by atoms with Crippen LogP contribution < -0.4 is 9.47 Å². The van der Waals surface area contributed by atoms with E-state index < -0.39 is 5.97 Å². The average molecular weight is 505 g/mol. The molecule has 0 aliphatic rings. The molecule has 0 bridgehead atoms. The van der Waals surface area contributed by atoms with Gasteiger partial charge in [0.2, 0.25) is 5.89 Å². The Morgan fingerprint density at radius 2 is 1.97 bits per heavy atom. The van der Waals surface area contributed by atoms with Crippen molar-refractivity contribution < 1.29 is 23.8 Å². The van der Waals surface area contributed by atoms with Crippen molar-refractivity contribution in [2.45, 2.75) is 6.61 Å². The number of nitrogens with zero attached hydrogens (tertiary/aromatic N) is 2. The number of oxazole rings is 1. The molecule has 0 aliphatic heterocycles. The number of hydrogen-bond acceptors (Lipinski definition) is 6. The first-order valence-corrected chi connectivity index (χ1v) is 10.6. The molecular weight excluding hydrogens is 488 g/mol. The third-order valence-electron chi connectivity index (χ3n) is 4.79. The summed E-state index contributed by atoms with van der Waals surface area (Å²) in [7, 11) is 1.52. The molecule has 0 atom stereocenters. The number of allylic oxidation sites excluding steroid dienone is 1. The third kappa shape index (κ3) is 4.89. The topological polar surface area (TPSA) is 106 Å². The quantitative estimate of drug-likeness (QED) is 0.310. The van der Waals surface area contributed by atoms with Gasteiger partial charge < -0.3 is 19.0 Å². The van der Waals surface area contributed by atoms with Crippen molar-refractivity contribution in [2.24, 2.45) is 0 Å². The molecule has 1 aromatic heterocycles. The lowest BCUT2D eigenvalue weighted by atomic mass is 10.1. The van der Waals surface area contributed by atoms with E-state index >= 15 is 0 Å². The minimum absolute atomic E-state index is 0.209. The fraction of sp³-hybridized carbons (Fsp3) is 0.0800. The van der Waals surface area contributed by atoms with Gasteiger partial charge in [-0.15, -0.1) is 0 Å². The molecule has 0 spiro atoms. The summed E-state index contributed by atoms with van der Waals surface area (Å²) in [6.45, 7) is 0.219. The highest BCUT2D eigenvalue weighted by molar-refractivity contribution is 9.10. The van der Waals surface area contributed by atoms with Gasteiger partial charge in [0.25, 0.3) is 0 Å². The summed E-state index contributed by atoms with van der Waals surface area (Å²) >= 11 is 3.51. The predicted octanol–water partition coefficient (Wildman–Crippen LogP) is 5.94. The summed E-state index contributed by atoms with van der Waals surface area (Å²) in [6, 6.07) is 19.4. The molecule has 0 saturated carbocycles. The summed E-state index contributed by atoms with van der Waals surface area (Å²) < 4.78 is 17.7. The third-order valence-corrected chi connectivity index (χ3v) is 5.38. The first-order chi connectivity index (χ1) is 16.0. The number of aromatic nitrogens is 1. The predicted molar refractivity (Wildman–Crippen MR) is 126 cm³/mol. The number of aromatic carboxylic acids is 1. The van der Waals surface area contributed by atoms with Crippen LogP contribution in [0.15, 0.2) is 69.6 Å². The van der Waals surface area contributed by atoms with Crippen LogP contribution in [0.25, 0.3) is 22.7 Å². The van der Waals surface area contributed by atoms with E-state index in [-0.39, 0.29) is 23.6 Å². The van der Waals surface area contributed by atoms with Crippen LogP contribution in [0.4, 0.5) is 0 Å². The molecule has 1 N–H and O–H groups in total. The molecule has 7 nitrogen and oxygen atoms in total. The Labute approximate surface area is 197 Å². The summed E-state index contributed by atoms with van der Waals surface area (Å²) in [4.78, 5) is 15.4. The second-order valence-corrected chi connectivity index (χ2v) is 7.84. The number of methoxy groups -OCH3 is 1. The van der Waals surface area contributed by atoms with Gasteiger partial charge in [-0.25, -0.2) is 9.78 Å². The largest absolute Gasteiger partial charge is 0.493 e. The van der Waals surface area contributed by atoms with Gasteiger partial charge in [-0.1, -0.05) is 24.3 Å². The lowest BCUT2D eigenvalue weighted by Gasteiger charge is -2.14. The number of halogens is 1. The number of rotatable bonds is 7. The fourth-order valence-electron chi connectivity index (χ4n) is 3.16. The normalized spacial score (nSPS) is 11.2. The molecule has 0 saturated heterocycles. The van der Waals surface area contributed by atoms with Gasteiger partial charge in [0.05, 0.1) is 17.1 Å². The molecule has 8 heteroatoms. The van der Waals surface area contributed by atoms with Crippen molar-refractivity contribution in [3.05, 3.63) is 87.7 Å². The van der Waals surface area contributed by atoms with E-state index in [1.807, 2.05) is 18.2 Å². The van der Waals surface area contributed by atoms with Crippen LogP contribution >= 0.6 is 15.9 Å². The van der Waals surface area contributed by atoms with Crippen LogP contribution in [0.1, 0.15) is 27.4 Å². The number of hydrogen-bond donors (Lipinski definition) is 1. The molecule has 4 aromatic rings. The Hall–Kier alpha value is -4.09. The molecule has 1 heterocycles. The number of para-hydroxylation sites is 2. The van der Waals surface area contributed by atoms with E-state index in [1.165, 1.54) is 19.2 Å². The van der Waals surface area contributed by atoms with E-state index in [0.29, 0.717) is 32.6 Å². The van der Waals surface area contributed by atoms with Gasteiger partial charge in [-0.05, 0) is 69.5 Å². The van der Waals surface area contributed by atoms with Crippen molar-refractivity contribution in [1.82, 2.24) is 4.98 Å². The van der Waals surface area contributed by atoms with E-state index in [9.17, 15) is 10.1 Å². The second-order valence-electron chi connectivity index (χ2n) is 6.98. The Balaban J connectivity index is 1.59.